The van der Waals surface area contributed by atoms with Gasteiger partial charge in [-0.3, -0.25) is 0 Å². The molecule has 0 rings (SSSR count). The van der Waals surface area contributed by atoms with Crippen LogP contribution in [0, 0.1) is 0 Å². The minimum absolute atomic E-state index is 0.659. The summed E-state index contributed by atoms with van der Waals surface area (Å²) in [4.78, 5) is 0. The van der Waals surface area contributed by atoms with Crippen LogP contribution in [0.2, 0.25) is 0 Å². The first-order valence-corrected chi connectivity index (χ1v) is 5.07. The lowest BCUT2D eigenvalue weighted by molar-refractivity contribution is 1.36. The van der Waals surface area contributed by atoms with Crippen molar-refractivity contribution in [2.24, 2.45) is 0 Å². The Morgan fingerprint density at radius 1 is 1.62 bits per heavy atom. The van der Waals surface area contributed by atoms with Gasteiger partial charge < -0.3 is 0 Å². The summed E-state index contributed by atoms with van der Waals surface area (Å²) >= 11 is 4.75. The number of halogens is 2. The van der Waals surface area contributed by atoms with E-state index in [1.54, 1.807) is 6.08 Å². The monoisotopic (exact) mass is 334 g/mol. The molecule has 0 spiro atoms. The van der Waals surface area contributed by atoms with E-state index in [0.29, 0.717) is 3.92 Å². The molecule has 46 valence electrons. The van der Waals surface area contributed by atoms with Gasteiger partial charge in [0.15, 0.2) is 0 Å². The van der Waals surface area contributed by atoms with Gasteiger partial charge in [-0.1, -0.05) is 70.0 Å². The van der Waals surface area contributed by atoms with E-state index >= 15 is 0 Å². The molecule has 0 nitrogen and oxygen atoms in total. The van der Waals surface area contributed by atoms with E-state index in [-0.39, 0.29) is 0 Å². The van der Waals surface area contributed by atoms with Crippen LogP contribution in [0.25, 0.3) is 0 Å². The molecule has 0 heterocycles. The fourth-order valence-corrected chi connectivity index (χ4v) is 0.784. The van der Waals surface area contributed by atoms with Crippen molar-refractivity contribution in [2.75, 3.05) is 4.43 Å². The van der Waals surface area contributed by atoms with Crippen LogP contribution in [0.3, 0.4) is 0 Å². The Morgan fingerprint density at radius 2 is 2.25 bits per heavy atom. The predicted octanol–water partition coefficient (Wildman–Crippen LogP) is 2.97. The van der Waals surface area contributed by atoms with Crippen LogP contribution < -0.4 is 0 Å². The topological polar surface area (TPSA) is 0 Å². The predicted molar refractivity (Wildman–Crippen MR) is 56.0 cm³/mol. The van der Waals surface area contributed by atoms with Crippen molar-refractivity contribution in [1.29, 1.82) is 0 Å². The molecule has 1 unspecified atom stereocenters. The molecule has 1 atom stereocenters. The van der Waals surface area contributed by atoms with E-state index < -0.39 is 0 Å². The second-order valence-corrected chi connectivity index (χ2v) is 3.77. The van der Waals surface area contributed by atoms with Gasteiger partial charge in [0.25, 0.3) is 0 Å². The number of hydrogen-bond acceptors (Lipinski definition) is 0. The van der Waals surface area contributed by atoms with Crippen LogP contribution in [0.15, 0.2) is 24.8 Å². The summed E-state index contributed by atoms with van der Waals surface area (Å²) in [5, 5.41) is 0. The van der Waals surface area contributed by atoms with Gasteiger partial charge in [-0.2, -0.15) is 0 Å². The third-order valence-electron chi connectivity index (χ3n) is 0.603. The standard InChI is InChI=1S/C6H8I2/c1-2-3-4-6(8)5-7/h2-4,6H,1,5H2. The molecule has 0 saturated carbocycles. The van der Waals surface area contributed by atoms with Crippen LogP contribution in [0.1, 0.15) is 0 Å². The molecule has 0 bridgehead atoms. The quantitative estimate of drug-likeness (QED) is 0.423. The Balaban J connectivity index is 3.35. The maximum absolute atomic E-state index is 3.57. The first-order valence-electron chi connectivity index (χ1n) is 2.30. The van der Waals surface area contributed by atoms with Gasteiger partial charge in [0.2, 0.25) is 0 Å². The summed E-state index contributed by atoms with van der Waals surface area (Å²) in [5.41, 5.74) is 0. The van der Waals surface area contributed by atoms with Crippen molar-refractivity contribution in [3.8, 4) is 0 Å². The van der Waals surface area contributed by atoms with E-state index in [2.05, 4.69) is 57.8 Å². The van der Waals surface area contributed by atoms with Crippen LogP contribution in [0.4, 0.5) is 0 Å². The molecule has 0 N–H and O–H groups in total. The van der Waals surface area contributed by atoms with E-state index in [0.717, 1.165) is 0 Å². The highest BCUT2D eigenvalue weighted by molar-refractivity contribution is 14.1. The fraction of sp³-hybridized carbons (Fsp3) is 0.333. The molecular weight excluding hydrogens is 326 g/mol. The molecule has 0 aromatic rings. The molecule has 0 radical (unpaired) electrons. The highest BCUT2D eigenvalue weighted by Gasteiger charge is 1.90. The van der Waals surface area contributed by atoms with Gasteiger partial charge in [0, 0.05) is 8.35 Å². The largest absolute Gasteiger partial charge is 0.0991 e. The average molecular weight is 334 g/mol. The Hall–Kier alpha value is 0.940. The summed E-state index contributed by atoms with van der Waals surface area (Å²) in [5.74, 6) is 0. The van der Waals surface area contributed by atoms with Crippen LogP contribution >= 0.6 is 45.2 Å². The summed E-state index contributed by atoms with van der Waals surface area (Å²) in [6.45, 7) is 3.57. The molecular formula is C6H8I2. The highest BCUT2D eigenvalue weighted by Crippen LogP contribution is 2.05. The second-order valence-electron chi connectivity index (χ2n) is 1.29. The van der Waals surface area contributed by atoms with Crippen molar-refractivity contribution < 1.29 is 0 Å². The minimum Gasteiger partial charge on any atom is -0.0991 e. The zero-order valence-corrected chi connectivity index (χ0v) is 8.79. The maximum Gasteiger partial charge on any atom is 0.0382 e. The van der Waals surface area contributed by atoms with Crippen molar-refractivity contribution >= 4 is 45.2 Å². The Bertz CT molecular complexity index is 86.5. The molecule has 0 aliphatic heterocycles. The lowest BCUT2D eigenvalue weighted by Crippen LogP contribution is -1.90. The van der Waals surface area contributed by atoms with Crippen molar-refractivity contribution in [3.05, 3.63) is 24.8 Å². The van der Waals surface area contributed by atoms with Gasteiger partial charge >= 0.3 is 0 Å². The Labute approximate surface area is 77.7 Å². The molecule has 8 heavy (non-hydrogen) atoms. The number of hydrogen-bond donors (Lipinski definition) is 0. The van der Waals surface area contributed by atoms with E-state index in [4.69, 9.17) is 0 Å². The first-order chi connectivity index (χ1) is 3.81. The normalized spacial score (nSPS) is 14.2. The molecule has 0 aliphatic carbocycles. The van der Waals surface area contributed by atoms with E-state index in [9.17, 15) is 0 Å². The zero-order chi connectivity index (χ0) is 6.41. The number of rotatable bonds is 3. The second kappa shape index (κ2) is 6.07. The Morgan fingerprint density at radius 3 is 2.62 bits per heavy atom. The molecule has 0 aromatic carbocycles. The molecule has 0 saturated heterocycles. The molecule has 0 aliphatic rings. The minimum atomic E-state index is 0.659. The highest BCUT2D eigenvalue weighted by atomic mass is 127. The third kappa shape index (κ3) is 5.08. The van der Waals surface area contributed by atoms with Crippen LogP contribution in [-0.2, 0) is 0 Å². The van der Waals surface area contributed by atoms with Crippen LogP contribution in [0.5, 0.6) is 0 Å². The molecule has 0 aromatic heterocycles. The lowest BCUT2D eigenvalue weighted by atomic mass is 10.4. The van der Waals surface area contributed by atoms with E-state index in [1.807, 2.05) is 6.08 Å². The van der Waals surface area contributed by atoms with Crippen molar-refractivity contribution in [1.82, 2.24) is 0 Å². The van der Waals surface area contributed by atoms with Crippen LogP contribution in [-0.4, -0.2) is 8.35 Å². The fourth-order valence-electron chi connectivity index (χ4n) is 0.251. The number of allylic oxidation sites excluding steroid dienone is 3. The van der Waals surface area contributed by atoms with Gasteiger partial charge in [-0.15, -0.1) is 0 Å². The van der Waals surface area contributed by atoms with Gasteiger partial charge in [-0.05, 0) is 0 Å². The van der Waals surface area contributed by atoms with E-state index in [1.165, 1.54) is 4.43 Å². The number of alkyl halides is 2. The molecule has 0 amide bonds. The zero-order valence-electron chi connectivity index (χ0n) is 4.48. The maximum atomic E-state index is 3.57. The lowest BCUT2D eigenvalue weighted by Gasteiger charge is -1.92. The first kappa shape index (κ1) is 8.94. The molecule has 2 heteroatoms. The SMILES string of the molecule is C=CC=CC(I)CI. The molecule has 0 fully saturated rings. The van der Waals surface area contributed by atoms with Gasteiger partial charge in [0.05, 0.1) is 0 Å². The summed E-state index contributed by atoms with van der Waals surface area (Å²) in [6.07, 6.45) is 5.92. The average Bonchev–Trinajstić information content (AvgIpc) is 1.83. The van der Waals surface area contributed by atoms with Gasteiger partial charge in [-0.25, -0.2) is 0 Å². The summed E-state index contributed by atoms with van der Waals surface area (Å²) < 4.78 is 1.83. The van der Waals surface area contributed by atoms with Gasteiger partial charge in [0.1, 0.15) is 0 Å². The Kier molecular flexibility index (Phi) is 6.78. The smallest absolute Gasteiger partial charge is 0.0382 e. The summed E-state index contributed by atoms with van der Waals surface area (Å²) in [7, 11) is 0. The van der Waals surface area contributed by atoms with Crippen molar-refractivity contribution in [3.63, 3.8) is 0 Å². The summed E-state index contributed by atoms with van der Waals surface area (Å²) in [6, 6.07) is 0. The van der Waals surface area contributed by atoms with Crippen molar-refractivity contribution in [2.45, 2.75) is 3.92 Å². The third-order valence-corrected chi connectivity index (χ3v) is 4.09.